The molecular formula is C13H22N2OS. The summed E-state index contributed by atoms with van der Waals surface area (Å²) in [6, 6.07) is 3.82. The van der Waals surface area contributed by atoms with E-state index in [0.29, 0.717) is 11.6 Å². The Balaban J connectivity index is 2.61. The Morgan fingerprint density at radius 1 is 1.29 bits per heavy atom. The molecule has 0 amide bonds. The summed E-state index contributed by atoms with van der Waals surface area (Å²) in [5.41, 5.74) is 6.42. The lowest BCUT2D eigenvalue weighted by Gasteiger charge is -2.12. The number of rotatable bonds is 6. The van der Waals surface area contributed by atoms with Crippen molar-refractivity contribution in [3.8, 4) is 5.88 Å². The molecule has 1 rings (SSSR count). The molecule has 0 aliphatic rings. The maximum atomic E-state index is 5.82. The number of hydrogen-bond acceptors (Lipinski definition) is 4. The van der Waals surface area contributed by atoms with Crippen molar-refractivity contribution in [2.45, 2.75) is 45.2 Å². The highest BCUT2D eigenvalue weighted by atomic mass is 32.2. The maximum Gasteiger partial charge on any atom is 0.238 e. The molecular weight excluding hydrogens is 232 g/mol. The number of ether oxygens (including phenoxy) is 1. The summed E-state index contributed by atoms with van der Waals surface area (Å²) in [6.07, 6.45) is 1.29. The van der Waals surface area contributed by atoms with Crippen LogP contribution in [0.15, 0.2) is 17.2 Å². The molecule has 96 valence electrons. The van der Waals surface area contributed by atoms with E-state index in [1.165, 1.54) is 6.42 Å². The van der Waals surface area contributed by atoms with E-state index in [4.69, 9.17) is 10.5 Å². The van der Waals surface area contributed by atoms with Crippen LogP contribution in [0.2, 0.25) is 0 Å². The topological polar surface area (TPSA) is 48.1 Å². The summed E-state index contributed by atoms with van der Waals surface area (Å²) in [7, 11) is 0. The Bertz CT molecular complexity index is 353. The number of nitrogens with zero attached hydrogens (tertiary/aromatic N) is 1. The number of nitrogens with two attached hydrogens (primary N) is 1. The van der Waals surface area contributed by atoms with Crippen molar-refractivity contribution in [2.75, 3.05) is 11.5 Å². The lowest BCUT2D eigenvalue weighted by atomic mass is 10.2. The Labute approximate surface area is 108 Å². The van der Waals surface area contributed by atoms with Crippen LogP contribution in [0, 0.1) is 5.92 Å². The zero-order valence-corrected chi connectivity index (χ0v) is 11.9. The van der Waals surface area contributed by atoms with Crippen molar-refractivity contribution < 1.29 is 4.74 Å². The average molecular weight is 254 g/mol. The van der Waals surface area contributed by atoms with Crippen LogP contribution in [-0.4, -0.2) is 16.8 Å². The fraction of sp³-hybridized carbons (Fsp3) is 0.615. The first kappa shape index (κ1) is 14.2. The largest absolute Gasteiger partial charge is 0.473 e. The SMILES string of the molecule is CC(C)CCSc1ccc(N)c(OC(C)C)n1. The molecule has 4 heteroatoms. The first-order valence-electron chi connectivity index (χ1n) is 6.05. The summed E-state index contributed by atoms with van der Waals surface area (Å²) in [5, 5.41) is 0.982. The van der Waals surface area contributed by atoms with E-state index in [9.17, 15) is 0 Å². The number of hydrogen-bond donors (Lipinski definition) is 1. The highest BCUT2D eigenvalue weighted by Crippen LogP contribution is 2.25. The monoisotopic (exact) mass is 254 g/mol. The van der Waals surface area contributed by atoms with E-state index in [0.717, 1.165) is 16.7 Å². The van der Waals surface area contributed by atoms with Gasteiger partial charge in [0.2, 0.25) is 5.88 Å². The molecule has 0 fully saturated rings. The molecule has 0 radical (unpaired) electrons. The molecule has 0 atom stereocenters. The third kappa shape index (κ3) is 5.31. The molecule has 0 bridgehead atoms. The molecule has 17 heavy (non-hydrogen) atoms. The van der Waals surface area contributed by atoms with Crippen molar-refractivity contribution >= 4 is 17.4 Å². The summed E-state index contributed by atoms with van der Waals surface area (Å²) >= 11 is 1.75. The van der Waals surface area contributed by atoms with Crippen LogP contribution in [0.25, 0.3) is 0 Å². The highest BCUT2D eigenvalue weighted by Gasteiger charge is 2.07. The van der Waals surface area contributed by atoms with Gasteiger partial charge in [-0.05, 0) is 44.1 Å². The lowest BCUT2D eigenvalue weighted by Crippen LogP contribution is -2.09. The Morgan fingerprint density at radius 2 is 2.00 bits per heavy atom. The Kier molecular flexibility index (Phi) is 5.62. The zero-order valence-electron chi connectivity index (χ0n) is 11.1. The number of aromatic nitrogens is 1. The van der Waals surface area contributed by atoms with Gasteiger partial charge in [-0.1, -0.05) is 13.8 Å². The summed E-state index contributed by atoms with van der Waals surface area (Å²) in [4.78, 5) is 4.43. The third-order valence-corrected chi connectivity index (χ3v) is 3.12. The Hall–Kier alpha value is -0.900. The normalized spacial score (nSPS) is 11.2. The molecule has 0 saturated carbocycles. The van der Waals surface area contributed by atoms with Crippen LogP contribution in [-0.2, 0) is 0 Å². The molecule has 1 aromatic heterocycles. The second-order valence-corrected chi connectivity index (χ2v) is 5.86. The quantitative estimate of drug-likeness (QED) is 0.788. The number of pyridine rings is 1. The minimum atomic E-state index is 0.0979. The predicted octanol–water partition coefficient (Wildman–Crippen LogP) is 3.59. The van der Waals surface area contributed by atoms with E-state index in [-0.39, 0.29) is 6.10 Å². The summed E-state index contributed by atoms with van der Waals surface area (Å²) in [5.74, 6) is 2.35. The first-order valence-corrected chi connectivity index (χ1v) is 7.03. The van der Waals surface area contributed by atoms with Gasteiger partial charge in [-0.15, -0.1) is 11.8 Å². The van der Waals surface area contributed by atoms with Crippen LogP contribution >= 0.6 is 11.8 Å². The van der Waals surface area contributed by atoms with Crippen LogP contribution in [0.4, 0.5) is 5.69 Å². The molecule has 0 unspecified atom stereocenters. The van der Waals surface area contributed by atoms with Gasteiger partial charge in [0.05, 0.1) is 11.8 Å². The van der Waals surface area contributed by atoms with Gasteiger partial charge in [-0.25, -0.2) is 4.98 Å². The molecule has 0 aromatic carbocycles. The van der Waals surface area contributed by atoms with Gasteiger partial charge >= 0.3 is 0 Å². The predicted molar refractivity (Wildman–Crippen MR) is 74.6 cm³/mol. The van der Waals surface area contributed by atoms with Gasteiger partial charge in [0.15, 0.2) is 0 Å². The molecule has 3 nitrogen and oxygen atoms in total. The summed E-state index contributed by atoms with van der Waals surface area (Å²) < 4.78 is 5.56. The van der Waals surface area contributed by atoms with Crippen molar-refractivity contribution in [3.05, 3.63) is 12.1 Å². The summed E-state index contributed by atoms with van der Waals surface area (Å²) in [6.45, 7) is 8.40. The van der Waals surface area contributed by atoms with E-state index in [2.05, 4.69) is 18.8 Å². The molecule has 0 spiro atoms. The van der Waals surface area contributed by atoms with E-state index >= 15 is 0 Å². The van der Waals surface area contributed by atoms with Crippen LogP contribution in [0.3, 0.4) is 0 Å². The Morgan fingerprint density at radius 3 is 2.59 bits per heavy atom. The first-order chi connectivity index (χ1) is 7.99. The highest BCUT2D eigenvalue weighted by molar-refractivity contribution is 7.99. The van der Waals surface area contributed by atoms with Gasteiger partial charge < -0.3 is 10.5 Å². The van der Waals surface area contributed by atoms with Crippen LogP contribution < -0.4 is 10.5 Å². The van der Waals surface area contributed by atoms with Gasteiger partial charge in [-0.3, -0.25) is 0 Å². The van der Waals surface area contributed by atoms with Crippen LogP contribution in [0.5, 0.6) is 5.88 Å². The van der Waals surface area contributed by atoms with Gasteiger partial charge in [0, 0.05) is 0 Å². The van der Waals surface area contributed by atoms with E-state index < -0.39 is 0 Å². The molecule has 2 N–H and O–H groups in total. The molecule has 0 aliphatic heterocycles. The van der Waals surface area contributed by atoms with E-state index in [1.807, 2.05) is 26.0 Å². The van der Waals surface area contributed by atoms with Gasteiger partial charge in [-0.2, -0.15) is 0 Å². The zero-order chi connectivity index (χ0) is 12.8. The standard InChI is InChI=1S/C13H22N2OS/c1-9(2)7-8-17-12-6-5-11(14)13(15-12)16-10(3)4/h5-6,9-10H,7-8,14H2,1-4H3. The smallest absolute Gasteiger partial charge is 0.238 e. The van der Waals surface area contributed by atoms with E-state index in [1.54, 1.807) is 11.8 Å². The second-order valence-electron chi connectivity index (χ2n) is 4.74. The molecule has 1 heterocycles. The molecule has 0 saturated heterocycles. The number of thioether (sulfide) groups is 1. The van der Waals surface area contributed by atoms with Gasteiger partial charge in [0.25, 0.3) is 0 Å². The maximum absolute atomic E-state index is 5.82. The second kappa shape index (κ2) is 6.74. The molecule has 1 aromatic rings. The number of anilines is 1. The molecule has 0 aliphatic carbocycles. The fourth-order valence-electron chi connectivity index (χ4n) is 1.23. The van der Waals surface area contributed by atoms with Crippen LogP contribution in [0.1, 0.15) is 34.1 Å². The third-order valence-electron chi connectivity index (χ3n) is 2.16. The fourth-order valence-corrected chi connectivity index (χ4v) is 2.34. The number of nitrogen functional groups attached to an aromatic ring is 1. The van der Waals surface area contributed by atoms with Crippen molar-refractivity contribution in [2.24, 2.45) is 5.92 Å². The minimum Gasteiger partial charge on any atom is -0.473 e. The average Bonchev–Trinajstić information content (AvgIpc) is 2.21. The van der Waals surface area contributed by atoms with Crippen molar-refractivity contribution in [1.82, 2.24) is 4.98 Å². The lowest BCUT2D eigenvalue weighted by molar-refractivity contribution is 0.232. The van der Waals surface area contributed by atoms with Gasteiger partial charge in [0.1, 0.15) is 5.03 Å². The van der Waals surface area contributed by atoms with Crippen molar-refractivity contribution in [1.29, 1.82) is 0 Å². The van der Waals surface area contributed by atoms with Crippen molar-refractivity contribution in [3.63, 3.8) is 0 Å². The minimum absolute atomic E-state index is 0.0979.